The van der Waals surface area contributed by atoms with E-state index in [2.05, 4.69) is 37.4 Å². The van der Waals surface area contributed by atoms with Crippen molar-refractivity contribution in [1.29, 1.82) is 0 Å². The Bertz CT molecular complexity index is 650. The summed E-state index contributed by atoms with van der Waals surface area (Å²) in [6, 6.07) is 0.455. The second-order valence-electron chi connectivity index (χ2n) is 6.58. The van der Waals surface area contributed by atoms with Crippen LogP contribution >= 0.6 is 11.3 Å². The third kappa shape index (κ3) is 2.94. The average Bonchev–Trinajstić information content (AvgIpc) is 3.03. The highest BCUT2D eigenvalue weighted by Crippen LogP contribution is 2.34. The van der Waals surface area contributed by atoms with Gasteiger partial charge in [0.05, 0.1) is 21.6 Å². The van der Waals surface area contributed by atoms with Crippen molar-refractivity contribution >= 4 is 11.3 Å². The molecule has 0 aromatic carbocycles. The third-order valence-electron chi connectivity index (χ3n) is 4.28. The molecule has 0 radical (unpaired) electrons. The Morgan fingerprint density at radius 3 is 2.41 bits per heavy atom. The second kappa shape index (κ2) is 6.08. The highest BCUT2D eigenvalue weighted by molar-refractivity contribution is 7.15. The predicted octanol–water partition coefficient (Wildman–Crippen LogP) is 3.41. The number of likely N-dealkylation sites (tertiary alicyclic amines) is 1. The van der Waals surface area contributed by atoms with E-state index in [9.17, 15) is 0 Å². The normalized spacial score (nSPS) is 17.5. The molecule has 0 atom stereocenters. The lowest BCUT2D eigenvalue weighted by atomic mass is 10.1. The van der Waals surface area contributed by atoms with Gasteiger partial charge in [-0.15, -0.1) is 11.3 Å². The Morgan fingerprint density at radius 2 is 1.82 bits per heavy atom. The van der Waals surface area contributed by atoms with Gasteiger partial charge in [-0.3, -0.25) is 0 Å². The summed E-state index contributed by atoms with van der Waals surface area (Å²) in [5.41, 5.74) is 1.08. The molecule has 22 heavy (non-hydrogen) atoms. The van der Waals surface area contributed by atoms with Gasteiger partial charge in [0.25, 0.3) is 0 Å². The van der Waals surface area contributed by atoms with Crippen LogP contribution in [0.3, 0.4) is 0 Å². The van der Waals surface area contributed by atoms with Crippen molar-refractivity contribution < 1.29 is 0 Å². The number of aryl methyl sites for hydroxylation is 2. The molecular weight excluding hydrogens is 294 g/mol. The molecule has 1 saturated heterocycles. The molecule has 0 saturated carbocycles. The fraction of sp³-hybridized carbons (Fsp3) is 0.688. The molecule has 5 nitrogen and oxygen atoms in total. The zero-order valence-corrected chi connectivity index (χ0v) is 14.9. The first-order valence-electron chi connectivity index (χ1n) is 8.05. The molecule has 0 amide bonds. The molecule has 1 aliphatic rings. The summed E-state index contributed by atoms with van der Waals surface area (Å²) in [4.78, 5) is 13.0. The zero-order chi connectivity index (χ0) is 15.9. The molecule has 0 unspecified atom stereocenters. The van der Waals surface area contributed by atoms with Crippen LogP contribution in [0.15, 0.2) is 0 Å². The van der Waals surface area contributed by atoms with Crippen molar-refractivity contribution in [1.82, 2.24) is 24.6 Å². The number of hydrogen-bond donors (Lipinski definition) is 0. The lowest BCUT2D eigenvalue weighted by Crippen LogP contribution is -2.32. The molecule has 3 heterocycles. The van der Waals surface area contributed by atoms with Gasteiger partial charge in [0.1, 0.15) is 5.82 Å². The highest BCUT2D eigenvalue weighted by Gasteiger charge is 2.25. The summed E-state index contributed by atoms with van der Waals surface area (Å²) in [5, 5.41) is 5.88. The monoisotopic (exact) mass is 319 g/mol. The van der Waals surface area contributed by atoms with Crippen molar-refractivity contribution in [3.8, 4) is 10.7 Å². The summed E-state index contributed by atoms with van der Waals surface area (Å²) in [7, 11) is 2.19. The molecule has 1 aliphatic heterocycles. The van der Waals surface area contributed by atoms with Crippen LogP contribution in [0.2, 0.25) is 0 Å². The molecule has 0 N–H and O–H groups in total. The lowest BCUT2D eigenvalue weighted by molar-refractivity contribution is 0.213. The van der Waals surface area contributed by atoms with E-state index in [0.717, 1.165) is 43.3 Å². The van der Waals surface area contributed by atoms with Crippen molar-refractivity contribution in [3.63, 3.8) is 0 Å². The van der Waals surface area contributed by atoms with Crippen LogP contribution in [-0.4, -0.2) is 44.8 Å². The molecule has 0 spiro atoms. The Hall–Kier alpha value is -1.27. The second-order valence-corrected chi connectivity index (χ2v) is 7.61. The van der Waals surface area contributed by atoms with Crippen molar-refractivity contribution in [3.05, 3.63) is 16.5 Å². The fourth-order valence-corrected chi connectivity index (χ4v) is 4.00. The summed E-state index contributed by atoms with van der Waals surface area (Å²) in [5.74, 6) is 2.32. The Morgan fingerprint density at radius 1 is 1.14 bits per heavy atom. The summed E-state index contributed by atoms with van der Waals surface area (Å²) >= 11 is 1.77. The number of piperidine rings is 1. The first-order valence-corrected chi connectivity index (χ1v) is 8.86. The number of aromatic nitrogens is 4. The van der Waals surface area contributed by atoms with Crippen LogP contribution in [0.4, 0.5) is 0 Å². The molecule has 0 bridgehead atoms. The maximum absolute atomic E-state index is 4.72. The van der Waals surface area contributed by atoms with E-state index in [1.807, 2.05) is 6.92 Å². The molecule has 1 fully saturated rings. The smallest absolute Gasteiger partial charge is 0.170 e. The summed E-state index contributed by atoms with van der Waals surface area (Å²) < 4.78 is 2.16. The largest absolute Gasteiger partial charge is 0.306 e. The zero-order valence-electron chi connectivity index (χ0n) is 14.1. The maximum Gasteiger partial charge on any atom is 0.170 e. The Balaban J connectivity index is 1.97. The highest BCUT2D eigenvalue weighted by atomic mass is 32.1. The maximum atomic E-state index is 4.72. The minimum Gasteiger partial charge on any atom is -0.306 e. The van der Waals surface area contributed by atoms with Gasteiger partial charge in [0.2, 0.25) is 0 Å². The molecular formula is C16H25N5S. The number of thiazole rings is 1. The van der Waals surface area contributed by atoms with Gasteiger partial charge >= 0.3 is 0 Å². The van der Waals surface area contributed by atoms with E-state index in [1.54, 1.807) is 11.3 Å². The first-order chi connectivity index (χ1) is 10.5. The first kappa shape index (κ1) is 15.6. The number of nitrogens with zero attached hydrogens (tertiary/aromatic N) is 5. The molecule has 0 aliphatic carbocycles. The Labute approximate surface area is 136 Å². The Kier molecular flexibility index (Phi) is 4.32. The minimum absolute atomic E-state index is 0.455. The van der Waals surface area contributed by atoms with Gasteiger partial charge in [0, 0.05) is 5.92 Å². The van der Waals surface area contributed by atoms with Crippen molar-refractivity contribution in [2.24, 2.45) is 0 Å². The van der Waals surface area contributed by atoms with E-state index in [-0.39, 0.29) is 0 Å². The van der Waals surface area contributed by atoms with Crippen LogP contribution < -0.4 is 0 Å². The van der Waals surface area contributed by atoms with E-state index < -0.39 is 0 Å². The lowest BCUT2D eigenvalue weighted by Gasteiger charge is -2.29. The van der Waals surface area contributed by atoms with Crippen LogP contribution in [0.1, 0.15) is 55.2 Å². The summed E-state index contributed by atoms with van der Waals surface area (Å²) in [6.45, 7) is 10.7. The van der Waals surface area contributed by atoms with Gasteiger partial charge in [-0.25, -0.2) is 14.6 Å². The third-order valence-corrected chi connectivity index (χ3v) is 5.74. The van der Waals surface area contributed by atoms with Crippen LogP contribution in [0, 0.1) is 13.8 Å². The average molecular weight is 319 g/mol. The van der Waals surface area contributed by atoms with Crippen LogP contribution in [0.25, 0.3) is 10.7 Å². The predicted molar refractivity (Wildman–Crippen MR) is 90.5 cm³/mol. The SMILES string of the molecule is Cc1nc(-c2sc(C(C)C)nc2C)n(C2CCN(C)CC2)n1. The molecule has 120 valence electrons. The molecule has 2 aromatic heterocycles. The quantitative estimate of drug-likeness (QED) is 0.870. The minimum atomic E-state index is 0.455. The van der Waals surface area contributed by atoms with Gasteiger partial charge in [0.15, 0.2) is 5.82 Å². The summed E-state index contributed by atoms with van der Waals surface area (Å²) in [6.07, 6.45) is 2.28. The topological polar surface area (TPSA) is 46.8 Å². The van der Waals surface area contributed by atoms with Gasteiger partial charge in [-0.05, 0) is 46.8 Å². The van der Waals surface area contributed by atoms with Gasteiger partial charge < -0.3 is 4.90 Å². The molecule has 2 aromatic rings. The number of hydrogen-bond acceptors (Lipinski definition) is 5. The fourth-order valence-electron chi connectivity index (χ4n) is 2.95. The van der Waals surface area contributed by atoms with E-state index in [4.69, 9.17) is 15.1 Å². The van der Waals surface area contributed by atoms with E-state index in [0.29, 0.717) is 12.0 Å². The van der Waals surface area contributed by atoms with E-state index >= 15 is 0 Å². The van der Waals surface area contributed by atoms with Crippen molar-refractivity contribution in [2.45, 2.75) is 52.5 Å². The van der Waals surface area contributed by atoms with E-state index in [1.165, 1.54) is 9.88 Å². The van der Waals surface area contributed by atoms with Crippen molar-refractivity contribution in [2.75, 3.05) is 20.1 Å². The molecule has 6 heteroatoms. The molecule has 3 rings (SSSR count). The van der Waals surface area contributed by atoms with Crippen LogP contribution in [-0.2, 0) is 0 Å². The standard InChI is InChI=1S/C16H25N5S/c1-10(2)16-17-11(3)14(22-16)15-18-12(4)19-21(15)13-6-8-20(5)9-7-13/h10,13H,6-9H2,1-5H3. The van der Waals surface area contributed by atoms with Crippen LogP contribution in [0.5, 0.6) is 0 Å². The van der Waals surface area contributed by atoms with Gasteiger partial charge in [-0.2, -0.15) is 5.10 Å². The number of rotatable bonds is 3. The van der Waals surface area contributed by atoms with Gasteiger partial charge in [-0.1, -0.05) is 13.8 Å².